The second-order valence-electron chi connectivity index (χ2n) is 10.5. The maximum Gasteiger partial charge on any atom is 0.410 e. The Balaban J connectivity index is 1.34. The van der Waals surface area contributed by atoms with Gasteiger partial charge in [-0.3, -0.25) is 14.5 Å². The molecule has 2 atom stereocenters. The minimum Gasteiger partial charge on any atom is -0.447 e. The number of amides is 1. The first-order valence-corrected chi connectivity index (χ1v) is 13.4. The van der Waals surface area contributed by atoms with Crippen molar-refractivity contribution in [1.82, 2.24) is 34.3 Å². The van der Waals surface area contributed by atoms with Gasteiger partial charge in [-0.1, -0.05) is 6.07 Å². The highest BCUT2D eigenvalue weighted by Crippen LogP contribution is 2.44. The topological polar surface area (TPSA) is 143 Å². The summed E-state index contributed by atoms with van der Waals surface area (Å²) in [5.74, 6) is 0.0822. The third-order valence-corrected chi connectivity index (χ3v) is 7.96. The number of piperidine rings is 1. The van der Waals surface area contributed by atoms with Gasteiger partial charge in [0.05, 0.1) is 29.8 Å². The van der Waals surface area contributed by atoms with Gasteiger partial charge in [-0.15, -0.1) is 0 Å². The van der Waals surface area contributed by atoms with Crippen LogP contribution in [0.3, 0.4) is 0 Å². The lowest BCUT2D eigenvalue weighted by Gasteiger charge is -2.38. The fourth-order valence-corrected chi connectivity index (χ4v) is 6.13. The van der Waals surface area contributed by atoms with Gasteiger partial charge < -0.3 is 20.1 Å². The van der Waals surface area contributed by atoms with Crippen molar-refractivity contribution in [2.24, 2.45) is 7.05 Å². The number of carbonyl (C=O) groups is 2. The first-order chi connectivity index (χ1) is 19.4. The second kappa shape index (κ2) is 10.3. The van der Waals surface area contributed by atoms with E-state index in [1.807, 2.05) is 36.3 Å². The first-order valence-electron chi connectivity index (χ1n) is 13.4. The van der Waals surface area contributed by atoms with Crippen LogP contribution in [0.2, 0.25) is 0 Å². The van der Waals surface area contributed by atoms with E-state index in [1.54, 1.807) is 24.2 Å². The number of aromatic nitrogens is 6. The maximum absolute atomic E-state index is 12.8. The summed E-state index contributed by atoms with van der Waals surface area (Å²) >= 11 is 0. The van der Waals surface area contributed by atoms with Crippen LogP contribution in [0.1, 0.15) is 54.6 Å². The van der Waals surface area contributed by atoms with E-state index in [9.17, 15) is 9.59 Å². The average molecular weight is 545 g/mol. The monoisotopic (exact) mass is 544 g/mol. The van der Waals surface area contributed by atoms with Crippen molar-refractivity contribution in [2.75, 3.05) is 26.1 Å². The van der Waals surface area contributed by atoms with Crippen LogP contribution in [0.4, 0.5) is 10.6 Å². The summed E-state index contributed by atoms with van der Waals surface area (Å²) in [5.41, 5.74) is 11.3. The molecule has 2 unspecified atom stereocenters. The van der Waals surface area contributed by atoms with Crippen LogP contribution in [-0.2, 0) is 16.5 Å². The van der Waals surface area contributed by atoms with E-state index in [0.717, 1.165) is 35.4 Å². The number of nitrogen functional groups attached to an aromatic ring is 1. The molecule has 6 rings (SSSR count). The summed E-state index contributed by atoms with van der Waals surface area (Å²) in [6.07, 6.45) is 8.18. The highest BCUT2D eigenvalue weighted by Gasteiger charge is 2.45. The third kappa shape index (κ3) is 4.47. The van der Waals surface area contributed by atoms with Crippen molar-refractivity contribution in [3.8, 4) is 22.5 Å². The molecule has 208 valence electrons. The molecule has 0 aromatic carbocycles. The summed E-state index contributed by atoms with van der Waals surface area (Å²) in [6.45, 7) is 2.09. The van der Waals surface area contributed by atoms with Crippen molar-refractivity contribution >= 4 is 23.3 Å². The molecule has 0 aliphatic carbocycles. The fraction of sp³-hybridized carbons (Fsp3) is 0.429. The van der Waals surface area contributed by atoms with E-state index >= 15 is 0 Å². The Morgan fingerprint density at radius 2 is 1.85 bits per heavy atom. The molecule has 0 spiro atoms. The third-order valence-electron chi connectivity index (χ3n) is 7.96. The van der Waals surface area contributed by atoms with E-state index in [2.05, 4.69) is 15.2 Å². The molecule has 12 nitrogen and oxygen atoms in total. The molecule has 1 amide bonds. The van der Waals surface area contributed by atoms with Gasteiger partial charge in [0.15, 0.2) is 11.4 Å². The Morgan fingerprint density at radius 1 is 1.07 bits per heavy atom. The zero-order chi connectivity index (χ0) is 28.0. The molecule has 12 heteroatoms. The molecule has 2 aliphatic heterocycles. The number of carbonyl (C=O) groups excluding carboxylic acids is 2. The number of Topliss-reactive ketones (excluding diaryl/α,β-unsaturated/α-hetero) is 1. The summed E-state index contributed by atoms with van der Waals surface area (Å²) in [7, 11) is 3.44. The van der Waals surface area contributed by atoms with Crippen molar-refractivity contribution in [2.45, 2.75) is 50.6 Å². The lowest BCUT2D eigenvalue weighted by Crippen LogP contribution is -2.46. The molecular weight excluding hydrogens is 512 g/mol. The van der Waals surface area contributed by atoms with Gasteiger partial charge in [0.1, 0.15) is 18.1 Å². The van der Waals surface area contributed by atoms with Gasteiger partial charge in [-0.2, -0.15) is 14.7 Å². The van der Waals surface area contributed by atoms with Gasteiger partial charge in [0, 0.05) is 55.7 Å². The Labute approximate surface area is 231 Å². The van der Waals surface area contributed by atoms with E-state index in [0.29, 0.717) is 36.4 Å². The molecule has 4 aromatic heterocycles. The molecular formula is C28H32N8O4. The molecule has 2 saturated heterocycles. The molecule has 2 N–H and O–H groups in total. The molecule has 0 saturated carbocycles. The zero-order valence-electron chi connectivity index (χ0n) is 22.8. The lowest BCUT2D eigenvalue weighted by molar-refractivity contribution is 0.0467. The molecule has 2 aliphatic rings. The number of fused-ring (bicyclic) bond motifs is 3. The highest BCUT2D eigenvalue weighted by atomic mass is 16.6. The smallest absolute Gasteiger partial charge is 0.410 e. The fourth-order valence-electron chi connectivity index (χ4n) is 6.13. The van der Waals surface area contributed by atoms with Crippen LogP contribution in [0, 0.1) is 0 Å². The maximum atomic E-state index is 12.8. The Morgan fingerprint density at radius 3 is 2.48 bits per heavy atom. The molecule has 0 radical (unpaired) electrons. The van der Waals surface area contributed by atoms with Crippen molar-refractivity contribution in [1.29, 1.82) is 0 Å². The molecule has 2 bridgehead atoms. The average Bonchev–Trinajstić information content (AvgIpc) is 3.64. The van der Waals surface area contributed by atoms with Gasteiger partial charge in [0.2, 0.25) is 0 Å². The van der Waals surface area contributed by atoms with E-state index in [-0.39, 0.29) is 42.3 Å². The number of ether oxygens (including phenoxy) is 2. The van der Waals surface area contributed by atoms with Crippen LogP contribution in [0.5, 0.6) is 0 Å². The first kappa shape index (κ1) is 25.9. The largest absolute Gasteiger partial charge is 0.447 e. The quantitative estimate of drug-likeness (QED) is 0.273. The number of nitrogens with zero attached hydrogens (tertiary/aromatic N) is 7. The minimum absolute atomic E-state index is 0.0191. The van der Waals surface area contributed by atoms with Crippen LogP contribution >= 0.6 is 0 Å². The molecule has 40 heavy (non-hydrogen) atoms. The number of rotatable bonds is 7. The summed E-state index contributed by atoms with van der Waals surface area (Å²) < 4.78 is 13.7. The van der Waals surface area contributed by atoms with Gasteiger partial charge in [-0.25, -0.2) is 9.78 Å². The van der Waals surface area contributed by atoms with Crippen LogP contribution in [-0.4, -0.2) is 78.5 Å². The Kier molecular flexibility index (Phi) is 6.70. The summed E-state index contributed by atoms with van der Waals surface area (Å²) in [4.78, 5) is 37.1. The Hall–Kier alpha value is -4.32. The van der Waals surface area contributed by atoms with Crippen molar-refractivity contribution in [3.63, 3.8) is 0 Å². The summed E-state index contributed by atoms with van der Waals surface area (Å²) in [6, 6.07) is 5.82. The minimum atomic E-state index is -0.308. The predicted octanol–water partition coefficient (Wildman–Crippen LogP) is 3.47. The standard InChI is InChI=1S/C28H32N8O4/c1-16(37)24-25(18-12-19-5-6-20(13-18)35(19)28(38)40-11-10-39-3)32-27-21(15-31-36(27)26(24)29)17-4-7-22(30-14-17)23-8-9-34(2)33-23/h4,7-9,14-15,18-20H,5-6,10-13,29H2,1-3H3. The SMILES string of the molecule is COCCOC(=O)N1C2CCC1CC(c1nc3c(-c4ccc(-c5ccn(C)n5)nc4)cnn3c(N)c1C(C)=O)C2. The number of pyridine rings is 1. The van der Waals surface area contributed by atoms with Gasteiger partial charge in [-0.05, 0) is 44.7 Å². The molecule has 2 fully saturated rings. The number of hydrogen-bond acceptors (Lipinski definition) is 9. The Bertz CT molecular complexity index is 1560. The molecule has 6 heterocycles. The van der Waals surface area contributed by atoms with Gasteiger partial charge in [0.25, 0.3) is 0 Å². The number of anilines is 1. The second-order valence-corrected chi connectivity index (χ2v) is 10.5. The number of methoxy groups -OCH3 is 1. The molecule has 4 aromatic rings. The number of hydrogen-bond donors (Lipinski definition) is 1. The number of ketones is 1. The van der Waals surface area contributed by atoms with Crippen molar-refractivity contribution < 1.29 is 19.1 Å². The predicted molar refractivity (Wildman–Crippen MR) is 147 cm³/mol. The zero-order valence-corrected chi connectivity index (χ0v) is 22.8. The van der Waals surface area contributed by atoms with Gasteiger partial charge >= 0.3 is 6.09 Å². The van der Waals surface area contributed by atoms with E-state index in [1.165, 1.54) is 11.4 Å². The van der Waals surface area contributed by atoms with Crippen LogP contribution in [0.15, 0.2) is 36.8 Å². The van der Waals surface area contributed by atoms with E-state index < -0.39 is 0 Å². The van der Waals surface area contributed by atoms with Crippen LogP contribution in [0.25, 0.3) is 28.2 Å². The number of aryl methyl sites for hydroxylation is 1. The number of nitrogens with two attached hydrogens (primary N) is 1. The van der Waals surface area contributed by atoms with Crippen molar-refractivity contribution in [3.05, 3.63) is 48.0 Å². The van der Waals surface area contributed by atoms with Crippen LogP contribution < -0.4 is 5.73 Å². The van der Waals surface area contributed by atoms with E-state index in [4.69, 9.17) is 20.2 Å². The normalized spacial score (nSPS) is 20.3. The lowest BCUT2D eigenvalue weighted by atomic mass is 9.85. The highest BCUT2D eigenvalue weighted by molar-refractivity contribution is 6.00. The summed E-state index contributed by atoms with van der Waals surface area (Å²) in [5, 5.41) is 8.89.